The van der Waals surface area contributed by atoms with Gasteiger partial charge in [-0.15, -0.1) is 0 Å². The summed E-state index contributed by atoms with van der Waals surface area (Å²) in [5, 5.41) is 0.102. The number of hydrogen-bond donors (Lipinski definition) is 2. The van der Waals surface area contributed by atoms with Crippen molar-refractivity contribution in [3.8, 4) is 0 Å². The predicted molar refractivity (Wildman–Crippen MR) is 71.0 cm³/mol. The Balaban J connectivity index is 2.52. The van der Waals surface area contributed by atoms with Crippen LogP contribution in [0.3, 0.4) is 0 Å². The number of benzene rings is 1. The number of nitrogens with one attached hydrogen (secondary N) is 1. The molecule has 1 rings (SSSR count). The van der Waals surface area contributed by atoms with Crippen molar-refractivity contribution >= 4 is 27.3 Å². The van der Waals surface area contributed by atoms with Gasteiger partial charge >= 0.3 is 6.18 Å². The maximum atomic E-state index is 11.9. The molecule has 0 aliphatic rings. The molecule has 0 spiro atoms. The van der Waals surface area contributed by atoms with Crippen LogP contribution in [0.4, 0.5) is 18.9 Å². The molecule has 0 saturated carbocycles. The zero-order valence-electron chi connectivity index (χ0n) is 10.4. The lowest BCUT2D eigenvalue weighted by molar-refractivity contribution is -0.135. The SMILES string of the molecule is Nc1ccc(S(=O)(=O)NCCCCC(F)(F)F)cc1Cl. The second-order valence-electron chi connectivity index (χ2n) is 4.15. The second-order valence-corrected chi connectivity index (χ2v) is 6.33. The van der Waals surface area contributed by atoms with Gasteiger partial charge in [0.25, 0.3) is 0 Å². The van der Waals surface area contributed by atoms with Gasteiger partial charge in [0.15, 0.2) is 0 Å². The van der Waals surface area contributed by atoms with Crippen LogP contribution < -0.4 is 10.5 Å². The standard InChI is InChI=1S/C11H14ClF3N2O2S/c12-9-7-8(3-4-10(9)16)20(18,19)17-6-2-1-5-11(13,14)15/h3-4,7,17H,1-2,5-6,16H2. The van der Waals surface area contributed by atoms with Crippen LogP contribution in [0.2, 0.25) is 5.02 Å². The molecule has 3 N–H and O–H groups in total. The van der Waals surface area contributed by atoms with Gasteiger partial charge in [-0.1, -0.05) is 11.6 Å². The van der Waals surface area contributed by atoms with Crippen molar-refractivity contribution in [1.82, 2.24) is 4.72 Å². The lowest BCUT2D eigenvalue weighted by Crippen LogP contribution is -2.25. The van der Waals surface area contributed by atoms with Crippen LogP contribution >= 0.6 is 11.6 Å². The summed E-state index contributed by atoms with van der Waals surface area (Å²) in [7, 11) is -3.79. The van der Waals surface area contributed by atoms with Crippen LogP contribution in [-0.4, -0.2) is 21.1 Å². The number of unbranched alkanes of at least 4 members (excludes halogenated alkanes) is 1. The van der Waals surface area contributed by atoms with Crippen LogP contribution in [0, 0.1) is 0 Å². The minimum Gasteiger partial charge on any atom is -0.398 e. The fourth-order valence-electron chi connectivity index (χ4n) is 1.42. The number of sulfonamides is 1. The third kappa shape index (κ3) is 5.56. The van der Waals surface area contributed by atoms with Gasteiger partial charge in [-0.3, -0.25) is 0 Å². The number of nitrogen functional groups attached to an aromatic ring is 1. The average Bonchev–Trinajstić information content (AvgIpc) is 2.30. The van der Waals surface area contributed by atoms with E-state index in [2.05, 4.69) is 4.72 Å². The molecule has 0 radical (unpaired) electrons. The smallest absolute Gasteiger partial charge is 0.389 e. The maximum Gasteiger partial charge on any atom is 0.389 e. The Labute approximate surface area is 120 Å². The Bertz CT molecular complexity index is 561. The fourth-order valence-corrected chi connectivity index (χ4v) is 2.76. The molecular formula is C11H14ClF3N2O2S. The third-order valence-corrected chi connectivity index (χ3v) is 4.25. The van der Waals surface area contributed by atoms with Gasteiger partial charge in [0, 0.05) is 13.0 Å². The van der Waals surface area contributed by atoms with Crippen molar-refractivity contribution in [3.63, 3.8) is 0 Å². The van der Waals surface area contributed by atoms with Crippen LogP contribution in [0.5, 0.6) is 0 Å². The van der Waals surface area contributed by atoms with E-state index in [1.165, 1.54) is 18.2 Å². The van der Waals surface area contributed by atoms with E-state index < -0.39 is 22.6 Å². The largest absolute Gasteiger partial charge is 0.398 e. The van der Waals surface area contributed by atoms with E-state index in [9.17, 15) is 21.6 Å². The van der Waals surface area contributed by atoms with Gasteiger partial charge < -0.3 is 5.73 Å². The molecule has 0 amide bonds. The van der Waals surface area contributed by atoms with Gasteiger partial charge in [-0.25, -0.2) is 13.1 Å². The van der Waals surface area contributed by atoms with E-state index in [1.807, 2.05) is 0 Å². The Morgan fingerprint density at radius 1 is 1.25 bits per heavy atom. The summed E-state index contributed by atoms with van der Waals surface area (Å²) in [6.07, 6.45) is -5.18. The van der Waals surface area contributed by atoms with E-state index >= 15 is 0 Å². The number of alkyl halides is 3. The maximum absolute atomic E-state index is 11.9. The highest BCUT2D eigenvalue weighted by Crippen LogP contribution is 2.23. The predicted octanol–water partition coefficient (Wildman–Crippen LogP) is 2.93. The zero-order chi connectivity index (χ0) is 15.4. The summed E-state index contributed by atoms with van der Waals surface area (Å²) in [5.41, 5.74) is 5.70. The summed E-state index contributed by atoms with van der Waals surface area (Å²) in [5.74, 6) is 0. The van der Waals surface area contributed by atoms with E-state index in [0.29, 0.717) is 0 Å². The third-order valence-electron chi connectivity index (χ3n) is 2.46. The first-order valence-electron chi connectivity index (χ1n) is 5.73. The normalized spacial score (nSPS) is 12.6. The van der Waals surface area contributed by atoms with Crippen LogP contribution in [-0.2, 0) is 10.0 Å². The molecule has 0 fully saturated rings. The van der Waals surface area contributed by atoms with Gasteiger partial charge in [0.05, 0.1) is 15.6 Å². The lowest BCUT2D eigenvalue weighted by atomic mass is 10.2. The highest BCUT2D eigenvalue weighted by Gasteiger charge is 2.26. The Morgan fingerprint density at radius 3 is 2.45 bits per heavy atom. The van der Waals surface area contributed by atoms with Crippen molar-refractivity contribution in [2.24, 2.45) is 0 Å². The summed E-state index contributed by atoms with van der Waals surface area (Å²) < 4.78 is 61.6. The molecule has 9 heteroatoms. The molecule has 0 aromatic heterocycles. The minimum atomic E-state index is -4.22. The van der Waals surface area contributed by atoms with Gasteiger partial charge in [-0.2, -0.15) is 13.2 Å². The van der Waals surface area contributed by atoms with E-state index in [1.54, 1.807) is 0 Å². The molecule has 1 aromatic carbocycles. The highest BCUT2D eigenvalue weighted by atomic mass is 35.5. The summed E-state index contributed by atoms with van der Waals surface area (Å²) in [6.45, 7) is -0.0690. The van der Waals surface area contributed by atoms with Crippen molar-refractivity contribution in [2.45, 2.75) is 30.3 Å². The molecule has 20 heavy (non-hydrogen) atoms. The molecule has 0 heterocycles. The monoisotopic (exact) mass is 330 g/mol. The molecule has 0 saturated heterocycles. The lowest BCUT2D eigenvalue weighted by Gasteiger charge is -2.09. The van der Waals surface area contributed by atoms with Crippen LogP contribution in [0.25, 0.3) is 0 Å². The molecule has 114 valence electrons. The van der Waals surface area contributed by atoms with Crippen molar-refractivity contribution in [3.05, 3.63) is 23.2 Å². The summed E-state index contributed by atoms with van der Waals surface area (Å²) in [4.78, 5) is -0.0764. The van der Waals surface area contributed by atoms with Crippen molar-refractivity contribution in [2.75, 3.05) is 12.3 Å². The number of nitrogens with two attached hydrogens (primary N) is 1. The van der Waals surface area contributed by atoms with E-state index in [0.717, 1.165) is 0 Å². The first-order chi connectivity index (χ1) is 9.12. The van der Waals surface area contributed by atoms with Crippen molar-refractivity contribution < 1.29 is 21.6 Å². The number of hydrogen-bond acceptors (Lipinski definition) is 3. The molecule has 0 atom stereocenters. The van der Waals surface area contributed by atoms with Gasteiger partial charge in [0.2, 0.25) is 10.0 Å². The van der Waals surface area contributed by atoms with Crippen LogP contribution in [0.1, 0.15) is 19.3 Å². The van der Waals surface area contributed by atoms with Gasteiger partial charge in [0.1, 0.15) is 0 Å². The number of anilines is 1. The summed E-state index contributed by atoms with van der Waals surface area (Å²) >= 11 is 5.71. The highest BCUT2D eigenvalue weighted by molar-refractivity contribution is 7.89. The Morgan fingerprint density at radius 2 is 1.90 bits per heavy atom. The average molecular weight is 331 g/mol. The first-order valence-corrected chi connectivity index (χ1v) is 7.59. The molecule has 4 nitrogen and oxygen atoms in total. The number of halogens is 4. The fraction of sp³-hybridized carbons (Fsp3) is 0.455. The minimum absolute atomic E-state index is 0.0690. The molecule has 0 aliphatic heterocycles. The quantitative estimate of drug-likeness (QED) is 0.622. The molecule has 1 aromatic rings. The van der Waals surface area contributed by atoms with Gasteiger partial charge in [-0.05, 0) is 31.0 Å². The first kappa shape index (κ1) is 17.1. The zero-order valence-corrected chi connectivity index (χ0v) is 11.9. The number of rotatable bonds is 6. The van der Waals surface area contributed by atoms with E-state index in [-0.39, 0.29) is 35.0 Å². The Hall–Kier alpha value is -0.990. The molecule has 0 bridgehead atoms. The Kier molecular flexibility index (Phi) is 5.67. The topological polar surface area (TPSA) is 72.2 Å². The molecular weight excluding hydrogens is 317 g/mol. The molecule has 0 aliphatic carbocycles. The molecule has 0 unspecified atom stereocenters. The van der Waals surface area contributed by atoms with Crippen LogP contribution in [0.15, 0.2) is 23.1 Å². The van der Waals surface area contributed by atoms with E-state index in [4.69, 9.17) is 17.3 Å². The summed E-state index contributed by atoms with van der Waals surface area (Å²) in [6, 6.07) is 3.81. The second kappa shape index (κ2) is 6.64. The van der Waals surface area contributed by atoms with Crippen molar-refractivity contribution in [1.29, 1.82) is 0 Å².